The Kier molecular flexibility index (Phi) is 3.37. The summed E-state index contributed by atoms with van der Waals surface area (Å²) >= 11 is 0. The van der Waals surface area contributed by atoms with E-state index in [0.29, 0.717) is 12.2 Å². The van der Waals surface area contributed by atoms with E-state index >= 15 is 0 Å². The number of rotatable bonds is 3. The highest BCUT2D eigenvalue weighted by Crippen LogP contribution is 2.38. The number of benzene rings is 3. The van der Waals surface area contributed by atoms with Crippen LogP contribution in [0.3, 0.4) is 0 Å². The number of methoxy groups -OCH3 is 1. The van der Waals surface area contributed by atoms with Gasteiger partial charge in [-0.3, -0.25) is 0 Å². The number of H-pyrrole nitrogens is 2. The molecule has 5 aromatic rings. The average molecular weight is 358 g/mol. The molecule has 0 bridgehead atoms. The molecule has 0 aliphatic rings. The quantitative estimate of drug-likeness (QED) is 0.439. The van der Waals surface area contributed by atoms with Gasteiger partial charge < -0.3 is 19.4 Å². The first-order valence-corrected chi connectivity index (χ1v) is 8.91. The molecule has 134 valence electrons. The molecule has 0 saturated heterocycles. The highest BCUT2D eigenvalue weighted by Gasteiger charge is 2.22. The van der Waals surface area contributed by atoms with Gasteiger partial charge in [-0.25, -0.2) is 4.79 Å². The number of para-hydroxylation sites is 1. The fraction of sp³-hybridized carbons (Fsp3) is 0.136. The molecule has 0 spiro atoms. The third-order valence-electron chi connectivity index (χ3n) is 5.05. The van der Waals surface area contributed by atoms with Crippen molar-refractivity contribution in [3.05, 3.63) is 54.1 Å². The first-order valence-electron chi connectivity index (χ1n) is 8.91. The Morgan fingerprint density at radius 2 is 1.78 bits per heavy atom. The van der Waals surface area contributed by atoms with Crippen LogP contribution in [-0.2, 0) is 4.74 Å². The number of hydrogen-bond acceptors (Lipinski definition) is 3. The summed E-state index contributed by atoms with van der Waals surface area (Å²) in [5, 5.41) is 3.91. The van der Waals surface area contributed by atoms with Crippen LogP contribution >= 0.6 is 0 Å². The maximum absolute atomic E-state index is 12.9. The van der Waals surface area contributed by atoms with Gasteiger partial charge in [-0.1, -0.05) is 18.2 Å². The van der Waals surface area contributed by atoms with Crippen molar-refractivity contribution in [2.24, 2.45) is 0 Å². The van der Waals surface area contributed by atoms with Gasteiger partial charge in [-0.15, -0.1) is 0 Å². The van der Waals surface area contributed by atoms with Crippen LogP contribution in [-0.4, -0.2) is 29.7 Å². The Balaban J connectivity index is 1.98. The molecule has 27 heavy (non-hydrogen) atoms. The molecule has 0 fully saturated rings. The predicted molar refractivity (Wildman–Crippen MR) is 108 cm³/mol. The largest absolute Gasteiger partial charge is 0.497 e. The van der Waals surface area contributed by atoms with Crippen molar-refractivity contribution >= 4 is 49.6 Å². The molecule has 0 saturated carbocycles. The van der Waals surface area contributed by atoms with Crippen LogP contribution in [0.25, 0.3) is 43.6 Å². The lowest BCUT2D eigenvalue weighted by Gasteiger charge is -2.06. The van der Waals surface area contributed by atoms with E-state index in [-0.39, 0.29) is 5.97 Å². The van der Waals surface area contributed by atoms with E-state index < -0.39 is 0 Å². The van der Waals surface area contributed by atoms with Gasteiger partial charge in [0.05, 0.1) is 30.3 Å². The predicted octanol–water partition coefficient (Wildman–Crippen LogP) is 5.14. The topological polar surface area (TPSA) is 67.1 Å². The number of aromatic nitrogens is 2. The molecule has 2 heterocycles. The monoisotopic (exact) mass is 358 g/mol. The average Bonchev–Trinajstić information content (AvgIpc) is 3.23. The Morgan fingerprint density at radius 1 is 0.926 bits per heavy atom. The van der Waals surface area contributed by atoms with Gasteiger partial charge in [-0.2, -0.15) is 0 Å². The number of nitrogens with one attached hydrogen (secondary N) is 2. The van der Waals surface area contributed by atoms with Crippen molar-refractivity contribution in [2.75, 3.05) is 13.7 Å². The van der Waals surface area contributed by atoms with Crippen molar-refractivity contribution in [1.82, 2.24) is 9.97 Å². The number of aromatic amines is 2. The molecule has 5 rings (SSSR count). The van der Waals surface area contributed by atoms with Crippen molar-refractivity contribution in [2.45, 2.75) is 6.92 Å². The van der Waals surface area contributed by atoms with E-state index in [0.717, 1.165) is 49.4 Å². The fourth-order valence-corrected chi connectivity index (χ4v) is 3.89. The van der Waals surface area contributed by atoms with Crippen molar-refractivity contribution in [1.29, 1.82) is 0 Å². The SMILES string of the molecule is CCOC(=O)c1c2[nH]c3cc(OC)ccc3c2cc2[nH]c3ccccc3c12. The Bertz CT molecular complexity index is 1340. The third kappa shape index (κ3) is 2.21. The summed E-state index contributed by atoms with van der Waals surface area (Å²) in [6.45, 7) is 2.15. The second kappa shape index (κ2) is 5.77. The number of ether oxygens (including phenoxy) is 2. The molecular formula is C22H18N2O3. The second-order valence-electron chi connectivity index (χ2n) is 6.52. The molecular weight excluding hydrogens is 340 g/mol. The van der Waals surface area contributed by atoms with Gasteiger partial charge in [0.25, 0.3) is 0 Å². The number of esters is 1. The standard InChI is InChI=1S/C22H18N2O3/c1-3-27-22(25)20-19-14-6-4-5-7-16(14)23-18(19)11-15-13-9-8-12(26-2)10-17(13)24-21(15)20/h4-11,23-24H,3H2,1-2H3. The first kappa shape index (κ1) is 15.8. The van der Waals surface area contributed by atoms with Gasteiger partial charge in [0.1, 0.15) is 5.75 Å². The summed E-state index contributed by atoms with van der Waals surface area (Å²) in [6, 6.07) is 16.0. The third-order valence-corrected chi connectivity index (χ3v) is 5.05. The summed E-state index contributed by atoms with van der Waals surface area (Å²) in [4.78, 5) is 19.8. The van der Waals surface area contributed by atoms with Crippen LogP contribution in [0, 0.1) is 0 Å². The van der Waals surface area contributed by atoms with Crippen LogP contribution in [0.4, 0.5) is 0 Å². The van der Waals surface area contributed by atoms with Crippen molar-refractivity contribution in [3.63, 3.8) is 0 Å². The maximum atomic E-state index is 12.9. The summed E-state index contributed by atoms with van der Waals surface area (Å²) in [6.07, 6.45) is 0. The number of hydrogen-bond donors (Lipinski definition) is 2. The normalized spacial score (nSPS) is 11.6. The van der Waals surface area contributed by atoms with Crippen LogP contribution in [0.5, 0.6) is 5.75 Å². The second-order valence-corrected chi connectivity index (χ2v) is 6.52. The van der Waals surface area contributed by atoms with Gasteiger partial charge in [0.2, 0.25) is 0 Å². The molecule has 0 aliphatic carbocycles. The molecule has 3 aromatic carbocycles. The number of carbonyl (C=O) groups excluding carboxylic acids is 1. The molecule has 0 amide bonds. The van der Waals surface area contributed by atoms with E-state index in [1.807, 2.05) is 49.4 Å². The molecule has 0 radical (unpaired) electrons. The Morgan fingerprint density at radius 3 is 2.59 bits per heavy atom. The molecule has 5 nitrogen and oxygen atoms in total. The van der Waals surface area contributed by atoms with E-state index in [1.165, 1.54) is 0 Å². The van der Waals surface area contributed by atoms with E-state index in [2.05, 4.69) is 16.0 Å². The molecule has 0 unspecified atom stereocenters. The van der Waals surface area contributed by atoms with Crippen molar-refractivity contribution in [3.8, 4) is 5.75 Å². The van der Waals surface area contributed by atoms with Crippen LogP contribution in [0.2, 0.25) is 0 Å². The molecule has 2 aromatic heterocycles. The van der Waals surface area contributed by atoms with Crippen molar-refractivity contribution < 1.29 is 14.3 Å². The maximum Gasteiger partial charge on any atom is 0.340 e. The zero-order valence-electron chi connectivity index (χ0n) is 15.1. The van der Waals surface area contributed by atoms with Gasteiger partial charge in [0.15, 0.2) is 0 Å². The lowest BCUT2D eigenvalue weighted by Crippen LogP contribution is -2.06. The fourth-order valence-electron chi connectivity index (χ4n) is 3.89. The van der Waals surface area contributed by atoms with Gasteiger partial charge >= 0.3 is 5.97 Å². The van der Waals surface area contributed by atoms with Gasteiger partial charge in [0, 0.05) is 38.6 Å². The van der Waals surface area contributed by atoms with E-state index in [4.69, 9.17) is 9.47 Å². The Hall–Kier alpha value is -3.47. The smallest absolute Gasteiger partial charge is 0.340 e. The van der Waals surface area contributed by atoms with E-state index in [1.54, 1.807) is 7.11 Å². The van der Waals surface area contributed by atoms with Gasteiger partial charge in [-0.05, 0) is 31.2 Å². The molecule has 0 aliphatic heterocycles. The van der Waals surface area contributed by atoms with Crippen LogP contribution in [0.1, 0.15) is 17.3 Å². The number of carbonyl (C=O) groups is 1. The zero-order valence-corrected chi connectivity index (χ0v) is 15.1. The lowest BCUT2D eigenvalue weighted by atomic mass is 10.0. The minimum atomic E-state index is -0.323. The lowest BCUT2D eigenvalue weighted by molar-refractivity contribution is 0.0531. The zero-order chi connectivity index (χ0) is 18.5. The molecule has 5 heteroatoms. The highest BCUT2D eigenvalue weighted by molar-refractivity contribution is 6.26. The molecule has 0 atom stereocenters. The Labute approximate surface area is 154 Å². The van der Waals surface area contributed by atoms with E-state index in [9.17, 15) is 4.79 Å². The molecule has 2 N–H and O–H groups in total. The summed E-state index contributed by atoms with van der Waals surface area (Å²) in [5.74, 6) is 0.444. The summed E-state index contributed by atoms with van der Waals surface area (Å²) in [7, 11) is 1.64. The minimum Gasteiger partial charge on any atom is -0.497 e. The van der Waals surface area contributed by atoms with Crippen LogP contribution < -0.4 is 4.74 Å². The highest BCUT2D eigenvalue weighted by atomic mass is 16.5. The van der Waals surface area contributed by atoms with Crippen LogP contribution in [0.15, 0.2) is 48.5 Å². The summed E-state index contributed by atoms with van der Waals surface area (Å²) in [5.41, 5.74) is 4.19. The first-order chi connectivity index (χ1) is 13.2. The number of fused-ring (bicyclic) bond motifs is 6. The minimum absolute atomic E-state index is 0.323. The summed E-state index contributed by atoms with van der Waals surface area (Å²) < 4.78 is 10.7.